The van der Waals surface area contributed by atoms with Crippen LogP contribution in [0.5, 0.6) is 0 Å². The number of benzene rings is 1. The minimum atomic E-state index is 0.550. The normalized spacial score (nSPS) is 9.31. The predicted octanol–water partition coefficient (Wildman–Crippen LogP) is 2.55. The number of halogens is 1. The summed E-state index contributed by atoms with van der Waals surface area (Å²) < 4.78 is 1.00. The lowest BCUT2D eigenvalue weighted by Gasteiger charge is -2.12. The molecule has 3 heteroatoms. The zero-order chi connectivity index (χ0) is 9.68. The Morgan fingerprint density at radius 1 is 1.46 bits per heavy atom. The van der Waals surface area contributed by atoms with Crippen LogP contribution in [0.2, 0.25) is 0 Å². The fourth-order valence-corrected chi connectivity index (χ4v) is 1.38. The van der Waals surface area contributed by atoms with Crippen LogP contribution in [0.4, 0.5) is 0 Å². The summed E-state index contributed by atoms with van der Waals surface area (Å²) in [5.74, 6) is 0. The van der Waals surface area contributed by atoms with Gasteiger partial charge in [0.2, 0.25) is 6.41 Å². The van der Waals surface area contributed by atoms with Gasteiger partial charge in [0.05, 0.1) is 6.54 Å². The highest BCUT2D eigenvalue weighted by Gasteiger charge is 2.01. The molecule has 0 saturated carbocycles. The monoisotopic (exact) mass is 239 g/mol. The van der Waals surface area contributed by atoms with Crippen LogP contribution in [0.1, 0.15) is 5.56 Å². The molecule has 0 saturated heterocycles. The first-order valence-electron chi connectivity index (χ1n) is 3.85. The van der Waals surface area contributed by atoms with Crippen LogP contribution >= 0.6 is 15.9 Å². The molecule has 1 rings (SSSR count). The fraction of sp³-hybridized carbons (Fsp3) is 0.100. The number of nitrogens with zero attached hydrogens (tertiary/aromatic N) is 1. The number of amides is 1. The van der Waals surface area contributed by atoms with E-state index >= 15 is 0 Å². The minimum absolute atomic E-state index is 0.550. The molecule has 1 amide bonds. The molecule has 0 aliphatic heterocycles. The lowest BCUT2D eigenvalue weighted by Crippen LogP contribution is -2.13. The molecular formula is C10H10BrNO. The molecule has 1 aromatic carbocycles. The third-order valence-electron chi connectivity index (χ3n) is 1.68. The van der Waals surface area contributed by atoms with Crippen LogP contribution in [0.15, 0.2) is 41.5 Å². The van der Waals surface area contributed by atoms with Gasteiger partial charge in [0.15, 0.2) is 0 Å². The second kappa shape index (κ2) is 4.82. The Balaban J connectivity index is 2.78. The van der Waals surface area contributed by atoms with Crippen LogP contribution in [0.25, 0.3) is 0 Å². The molecule has 0 bridgehead atoms. The average Bonchev–Trinajstić information content (AvgIpc) is 2.17. The number of rotatable bonds is 4. The van der Waals surface area contributed by atoms with Crippen molar-refractivity contribution >= 4 is 22.3 Å². The standard InChI is InChI=1S/C10H10BrNO/c1-2-12(8-13)7-9-5-3-4-6-10(9)11/h2-6,8H,1,7H2. The lowest BCUT2D eigenvalue weighted by molar-refractivity contribution is -0.116. The minimum Gasteiger partial charge on any atom is -0.318 e. The van der Waals surface area contributed by atoms with E-state index in [0.29, 0.717) is 6.54 Å². The van der Waals surface area contributed by atoms with Gasteiger partial charge < -0.3 is 4.90 Å². The van der Waals surface area contributed by atoms with Crippen molar-refractivity contribution in [1.82, 2.24) is 4.90 Å². The third kappa shape index (κ3) is 2.70. The van der Waals surface area contributed by atoms with Gasteiger partial charge in [-0.15, -0.1) is 0 Å². The number of carbonyl (C=O) groups is 1. The van der Waals surface area contributed by atoms with Crippen molar-refractivity contribution in [3.05, 3.63) is 47.1 Å². The smallest absolute Gasteiger partial charge is 0.213 e. The van der Waals surface area contributed by atoms with Crippen molar-refractivity contribution in [2.45, 2.75) is 6.54 Å². The van der Waals surface area contributed by atoms with Crippen molar-refractivity contribution < 1.29 is 4.79 Å². The molecule has 0 fully saturated rings. The second-order valence-electron chi connectivity index (χ2n) is 2.55. The first-order valence-corrected chi connectivity index (χ1v) is 4.64. The molecule has 0 unspecified atom stereocenters. The topological polar surface area (TPSA) is 20.3 Å². The summed E-state index contributed by atoms with van der Waals surface area (Å²) in [6.45, 7) is 4.09. The zero-order valence-electron chi connectivity index (χ0n) is 7.11. The summed E-state index contributed by atoms with van der Waals surface area (Å²) in [7, 11) is 0. The lowest BCUT2D eigenvalue weighted by atomic mass is 10.2. The molecule has 13 heavy (non-hydrogen) atoms. The van der Waals surface area contributed by atoms with E-state index in [1.165, 1.54) is 11.1 Å². The molecule has 1 aromatic rings. The SMILES string of the molecule is C=CN(C=O)Cc1ccccc1Br. The molecule has 0 spiro atoms. The van der Waals surface area contributed by atoms with Crippen LogP contribution < -0.4 is 0 Å². The van der Waals surface area contributed by atoms with E-state index in [1.54, 1.807) is 0 Å². The molecule has 0 aromatic heterocycles. The summed E-state index contributed by atoms with van der Waals surface area (Å²) in [5, 5.41) is 0. The van der Waals surface area contributed by atoms with Gasteiger partial charge in [0.1, 0.15) is 0 Å². The average molecular weight is 240 g/mol. The highest BCUT2D eigenvalue weighted by molar-refractivity contribution is 9.10. The van der Waals surface area contributed by atoms with E-state index in [0.717, 1.165) is 16.4 Å². The van der Waals surface area contributed by atoms with Crippen molar-refractivity contribution in [2.24, 2.45) is 0 Å². The summed E-state index contributed by atoms with van der Waals surface area (Å²) in [6.07, 6.45) is 2.26. The number of hydrogen-bond donors (Lipinski definition) is 0. The van der Waals surface area contributed by atoms with Gasteiger partial charge in [0.25, 0.3) is 0 Å². The van der Waals surface area contributed by atoms with Crippen molar-refractivity contribution in [3.63, 3.8) is 0 Å². The molecule has 0 atom stereocenters. The third-order valence-corrected chi connectivity index (χ3v) is 2.45. The van der Waals surface area contributed by atoms with E-state index in [2.05, 4.69) is 22.5 Å². The highest BCUT2D eigenvalue weighted by atomic mass is 79.9. The molecule has 0 N–H and O–H groups in total. The zero-order valence-corrected chi connectivity index (χ0v) is 8.70. The predicted molar refractivity (Wildman–Crippen MR) is 55.9 cm³/mol. The number of hydrogen-bond acceptors (Lipinski definition) is 1. The molecule has 0 aliphatic carbocycles. The van der Waals surface area contributed by atoms with Gasteiger partial charge in [-0.05, 0) is 17.8 Å². The quantitative estimate of drug-likeness (QED) is 0.740. The Morgan fingerprint density at radius 2 is 2.15 bits per heavy atom. The highest BCUT2D eigenvalue weighted by Crippen LogP contribution is 2.17. The molecule has 0 aliphatic rings. The van der Waals surface area contributed by atoms with E-state index in [9.17, 15) is 4.79 Å². The maximum Gasteiger partial charge on any atom is 0.213 e. The van der Waals surface area contributed by atoms with Crippen LogP contribution in [-0.2, 0) is 11.3 Å². The van der Waals surface area contributed by atoms with Gasteiger partial charge in [-0.2, -0.15) is 0 Å². The molecule has 0 heterocycles. The van der Waals surface area contributed by atoms with Gasteiger partial charge in [-0.1, -0.05) is 40.7 Å². The largest absolute Gasteiger partial charge is 0.318 e. The summed E-state index contributed by atoms with van der Waals surface area (Å²) in [6, 6.07) is 7.78. The van der Waals surface area contributed by atoms with Crippen molar-refractivity contribution in [1.29, 1.82) is 0 Å². The van der Waals surface area contributed by atoms with E-state index in [1.807, 2.05) is 24.3 Å². The maximum absolute atomic E-state index is 10.5. The number of carbonyl (C=O) groups excluding carboxylic acids is 1. The second-order valence-corrected chi connectivity index (χ2v) is 3.41. The van der Waals surface area contributed by atoms with E-state index in [4.69, 9.17) is 0 Å². The summed E-state index contributed by atoms with van der Waals surface area (Å²) >= 11 is 3.41. The Hall–Kier alpha value is -1.09. The van der Waals surface area contributed by atoms with Crippen LogP contribution in [-0.4, -0.2) is 11.3 Å². The van der Waals surface area contributed by atoms with Crippen molar-refractivity contribution in [2.75, 3.05) is 0 Å². The first-order chi connectivity index (χ1) is 6.27. The van der Waals surface area contributed by atoms with Gasteiger partial charge in [-0.3, -0.25) is 4.79 Å². The Bertz CT molecular complexity index is 304. The maximum atomic E-state index is 10.5. The summed E-state index contributed by atoms with van der Waals surface area (Å²) in [4.78, 5) is 12.0. The Morgan fingerprint density at radius 3 is 2.69 bits per heavy atom. The van der Waals surface area contributed by atoms with Gasteiger partial charge >= 0.3 is 0 Å². The van der Waals surface area contributed by atoms with Gasteiger partial charge in [-0.25, -0.2) is 0 Å². The molecule has 68 valence electrons. The molecule has 0 radical (unpaired) electrons. The van der Waals surface area contributed by atoms with E-state index in [-0.39, 0.29) is 0 Å². The Labute approximate surface area is 86.0 Å². The summed E-state index contributed by atoms with van der Waals surface area (Å²) in [5.41, 5.74) is 1.06. The van der Waals surface area contributed by atoms with Crippen molar-refractivity contribution in [3.8, 4) is 0 Å². The molecular weight excluding hydrogens is 230 g/mol. The van der Waals surface area contributed by atoms with Crippen LogP contribution in [0.3, 0.4) is 0 Å². The first kappa shape index (κ1) is 9.99. The van der Waals surface area contributed by atoms with Gasteiger partial charge in [0, 0.05) is 4.47 Å². The van der Waals surface area contributed by atoms with Crippen LogP contribution in [0, 0.1) is 0 Å². The fourth-order valence-electron chi connectivity index (χ4n) is 0.968. The van der Waals surface area contributed by atoms with E-state index < -0.39 is 0 Å². The molecule has 2 nitrogen and oxygen atoms in total. The Kier molecular flexibility index (Phi) is 3.71.